The Morgan fingerprint density at radius 2 is 1.65 bits per heavy atom. The first kappa shape index (κ1) is 15.2. The van der Waals surface area contributed by atoms with Gasteiger partial charge in [-0.25, -0.2) is 9.97 Å². The monoisotopic (exact) mass is 279 g/mol. The zero-order valence-corrected chi connectivity index (χ0v) is 12.0. The predicted molar refractivity (Wildman–Crippen MR) is 79.6 cm³/mol. The van der Waals surface area contributed by atoms with Crippen LogP contribution in [0.25, 0.3) is 0 Å². The van der Waals surface area contributed by atoms with Gasteiger partial charge in [-0.15, -0.1) is 0 Å². The number of aliphatic hydroxyl groups is 1. The summed E-state index contributed by atoms with van der Waals surface area (Å²) < 4.78 is 0. The average molecular weight is 279 g/mol. The number of piperidine rings is 1. The van der Waals surface area contributed by atoms with Crippen LogP contribution < -0.4 is 10.2 Å². The number of anilines is 1. The molecule has 2 fully saturated rings. The van der Waals surface area contributed by atoms with E-state index in [1.165, 1.54) is 19.3 Å². The molecule has 3 rings (SSSR count). The highest BCUT2D eigenvalue weighted by atomic mass is 16.3. The zero-order valence-electron chi connectivity index (χ0n) is 12.0. The first-order valence-corrected chi connectivity index (χ1v) is 7.46. The average Bonchev–Trinajstić information content (AvgIpc) is 2.58. The number of hydrogen-bond donors (Lipinski definition) is 2. The summed E-state index contributed by atoms with van der Waals surface area (Å²) in [5.74, 6) is 0.886. The molecule has 0 atom stereocenters. The molecule has 0 unspecified atom stereocenters. The molecule has 2 N–H and O–H groups in total. The molecule has 6 nitrogen and oxygen atoms in total. The lowest BCUT2D eigenvalue weighted by atomic mass is 10.1. The second-order valence-electron chi connectivity index (χ2n) is 5.11. The Morgan fingerprint density at radius 3 is 2.20 bits per heavy atom. The maximum Gasteiger partial charge on any atom is 0.225 e. The fraction of sp³-hybridized carbons (Fsp3) is 0.714. The minimum Gasteiger partial charge on any atom is -0.381 e. The molecule has 112 valence electrons. The topological polar surface area (TPSA) is 64.5 Å². The molecule has 0 radical (unpaired) electrons. The summed E-state index contributed by atoms with van der Waals surface area (Å²) in [6.45, 7) is 6.43. The first-order valence-electron chi connectivity index (χ1n) is 7.46. The predicted octanol–water partition coefficient (Wildman–Crippen LogP) is 0.308. The second kappa shape index (κ2) is 8.84. The van der Waals surface area contributed by atoms with Crippen LogP contribution in [-0.4, -0.2) is 66.0 Å². The third-order valence-electron chi connectivity index (χ3n) is 3.60. The summed E-state index contributed by atoms with van der Waals surface area (Å²) in [7, 11) is 0. The van der Waals surface area contributed by atoms with Crippen LogP contribution in [-0.2, 0) is 0 Å². The lowest BCUT2D eigenvalue weighted by Crippen LogP contribution is -2.43. The second-order valence-corrected chi connectivity index (χ2v) is 5.11. The smallest absolute Gasteiger partial charge is 0.225 e. The quantitative estimate of drug-likeness (QED) is 0.812. The molecule has 0 amide bonds. The molecule has 6 heteroatoms. The molecule has 0 bridgehead atoms. The van der Waals surface area contributed by atoms with Crippen LogP contribution in [0.3, 0.4) is 0 Å². The van der Waals surface area contributed by atoms with Gasteiger partial charge in [0.1, 0.15) is 0 Å². The Labute approximate surface area is 120 Å². The molecule has 3 heterocycles. The van der Waals surface area contributed by atoms with Crippen molar-refractivity contribution in [1.82, 2.24) is 20.2 Å². The van der Waals surface area contributed by atoms with Crippen LogP contribution in [0.2, 0.25) is 0 Å². The van der Waals surface area contributed by atoms with Crippen molar-refractivity contribution in [1.29, 1.82) is 0 Å². The molecule has 20 heavy (non-hydrogen) atoms. The van der Waals surface area contributed by atoms with Crippen LogP contribution in [0.5, 0.6) is 0 Å². The largest absolute Gasteiger partial charge is 0.381 e. The molecule has 0 aliphatic carbocycles. The van der Waals surface area contributed by atoms with Crippen LogP contribution in [0, 0.1) is 0 Å². The Morgan fingerprint density at radius 1 is 1.00 bits per heavy atom. The summed E-state index contributed by atoms with van der Waals surface area (Å²) in [4.78, 5) is 12.7. The van der Waals surface area contributed by atoms with Gasteiger partial charge >= 0.3 is 0 Å². The third-order valence-corrected chi connectivity index (χ3v) is 3.60. The van der Waals surface area contributed by atoms with Gasteiger partial charge in [0.25, 0.3) is 0 Å². The molecular formula is C14H25N5O. The summed E-state index contributed by atoms with van der Waals surface area (Å²) in [6, 6.07) is 1.85. The fourth-order valence-corrected chi connectivity index (χ4v) is 2.40. The highest BCUT2D eigenvalue weighted by Crippen LogP contribution is 2.13. The van der Waals surface area contributed by atoms with Gasteiger partial charge in [-0.05, 0) is 25.3 Å². The van der Waals surface area contributed by atoms with Gasteiger partial charge in [-0.1, -0.05) is 0 Å². The molecular weight excluding hydrogens is 254 g/mol. The minimum atomic E-state index is 0.210. The molecule has 2 aliphatic heterocycles. The third kappa shape index (κ3) is 5.03. The van der Waals surface area contributed by atoms with Gasteiger partial charge in [0, 0.05) is 51.7 Å². The molecule has 1 aromatic rings. The van der Waals surface area contributed by atoms with E-state index < -0.39 is 0 Å². The van der Waals surface area contributed by atoms with Gasteiger partial charge in [0.15, 0.2) is 0 Å². The van der Waals surface area contributed by atoms with Crippen molar-refractivity contribution >= 4 is 5.95 Å². The van der Waals surface area contributed by atoms with Gasteiger partial charge in [0.2, 0.25) is 5.95 Å². The van der Waals surface area contributed by atoms with E-state index >= 15 is 0 Å². The number of aliphatic hydroxyl groups excluding tert-OH is 1. The highest BCUT2D eigenvalue weighted by molar-refractivity contribution is 5.28. The lowest BCUT2D eigenvalue weighted by molar-refractivity contribution is 0.0957. The molecule has 2 aliphatic rings. The van der Waals surface area contributed by atoms with Crippen LogP contribution in [0.15, 0.2) is 18.5 Å². The van der Waals surface area contributed by atoms with Crippen molar-refractivity contribution < 1.29 is 5.11 Å². The molecule has 0 saturated carbocycles. The lowest BCUT2D eigenvalue weighted by Gasteiger charge is -2.26. The van der Waals surface area contributed by atoms with Crippen molar-refractivity contribution in [3.05, 3.63) is 18.5 Å². The van der Waals surface area contributed by atoms with Gasteiger partial charge in [-0.2, -0.15) is 0 Å². The van der Waals surface area contributed by atoms with Crippen molar-refractivity contribution in [3.63, 3.8) is 0 Å². The van der Waals surface area contributed by atoms with Crippen molar-refractivity contribution in [2.45, 2.75) is 19.3 Å². The van der Waals surface area contributed by atoms with Crippen LogP contribution >= 0.6 is 0 Å². The van der Waals surface area contributed by atoms with E-state index in [2.05, 4.69) is 20.2 Å². The summed E-state index contributed by atoms with van der Waals surface area (Å²) in [5.41, 5.74) is 0. The minimum absolute atomic E-state index is 0.210. The van der Waals surface area contributed by atoms with E-state index in [-0.39, 0.29) is 6.73 Å². The van der Waals surface area contributed by atoms with E-state index in [0.717, 1.165) is 45.2 Å². The number of nitrogens with one attached hydrogen (secondary N) is 1. The van der Waals surface area contributed by atoms with Gasteiger partial charge in [-0.3, -0.25) is 4.90 Å². The molecule has 0 aromatic carbocycles. The number of aromatic nitrogens is 2. The number of hydrogen-bond acceptors (Lipinski definition) is 6. The molecule has 1 aromatic heterocycles. The summed E-state index contributed by atoms with van der Waals surface area (Å²) in [5, 5.41) is 11.8. The Kier molecular flexibility index (Phi) is 6.70. The van der Waals surface area contributed by atoms with Gasteiger partial charge in [0.05, 0.1) is 6.73 Å². The van der Waals surface area contributed by atoms with Crippen molar-refractivity contribution in [3.8, 4) is 0 Å². The fourth-order valence-electron chi connectivity index (χ4n) is 2.40. The number of nitrogens with zero attached hydrogens (tertiary/aromatic N) is 4. The zero-order chi connectivity index (χ0) is 14.0. The van der Waals surface area contributed by atoms with Crippen LogP contribution in [0.1, 0.15) is 19.3 Å². The van der Waals surface area contributed by atoms with E-state index in [4.69, 9.17) is 5.11 Å². The summed E-state index contributed by atoms with van der Waals surface area (Å²) >= 11 is 0. The number of rotatable bonds is 2. The van der Waals surface area contributed by atoms with Crippen molar-refractivity contribution in [2.24, 2.45) is 0 Å². The first-order chi connectivity index (χ1) is 9.90. The maximum absolute atomic E-state index is 8.59. The van der Waals surface area contributed by atoms with Gasteiger partial charge < -0.3 is 15.3 Å². The Balaban J connectivity index is 0.000000160. The Hall–Kier alpha value is -1.24. The van der Waals surface area contributed by atoms with Crippen molar-refractivity contribution in [2.75, 3.05) is 50.9 Å². The molecule has 2 saturated heterocycles. The van der Waals surface area contributed by atoms with E-state index in [1.54, 1.807) is 12.4 Å². The van der Waals surface area contributed by atoms with E-state index in [0.29, 0.717) is 0 Å². The highest BCUT2D eigenvalue weighted by Gasteiger charge is 2.11. The van der Waals surface area contributed by atoms with E-state index in [9.17, 15) is 0 Å². The van der Waals surface area contributed by atoms with Crippen LogP contribution in [0.4, 0.5) is 5.95 Å². The normalized spacial score (nSPS) is 20.1. The standard InChI is InChI=1S/C9H13N3.C5H12N2O/c1-2-7-12(8-3-1)9-10-5-4-6-11-9;8-5-7-3-1-6-2-4-7/h4-6H,1-3,7-8H2;6,8H,1-5H2. The Bertz CT molecular complexity index is 350. The molecule has 0 spiro atoms. The summed E-state index contributed by atoms with van der Waals surface area (Å²) in [6.07, 6.45) is 7.51. The SMILES string of the molecule is OCN1CCNCC1.c1cnc(N2CCCCC2)nc1. The van der Waals surface area contributed by atoms with E-state index in [1.807, 2.05) is 11.0 Å². The maximum atomic E-state index is 8.59. The number of piperazine rings is 1.